The normalized spacial score (nSPS) is 19.8. The molecule has 0 aromatic heterocycles. The minimum Gasteiger partial charge on any atom is -0.497 e. The number of anilines is 2. The first kappa shape index (κ1) is 22.3. The Hall–Kier alpha value is -3.45. The van der Waals surface area contributed by atoms with Gasteiger partial charge in [-0.1, -0.05) is 18.2 Å². The summed E-state index contributed by atoms with van der Waals surface area (Å²) >= 11 is 0. The molecule has 2 aliphatic rings. The Bertz CT molecular complexity index is 1170. The molecule has 2 atom stereocenters. The molecule has 2 heterocycles. The predicted octanol–water partition coefficient (Wildman–Crippen LogP) is 4.48. The van der Waals surface area contributed by atoms with Crippen molar-refractivity contribution in [3.8, 4) is 5.75 Å². The first-order valence-electron chi connectivity index (χ1n) is 11.5. The zero-order valence-electron chi connectivity index (χ0n) is 19.0. The number of carbonyl (C=O) groups is 1. The maximum absolute atomic E-state index is 13.4. The summed E-state index contributed by atoms with van der Waals surface area (Å²) in [5, 5.41) is 2.98. The van der Waals surface area contributed by atoms with Crippen LogP contribution in [0, 0.1) is 17.6 Å². The van der Waals surface area contributed by atoms with E-state index in [1.54, 1.807) is 19.2 Å². The fourth-order valence-corrected chi connectivity index (χ4v) is 5.02. The van der Waals surface area contributed by atoms with Gasteiger partial charge in [-0.25, -0.2) is 8.78 Å². The van der Waals surface area contributed by atoms with Crippen LogP contribution in [0.4, 0.5) is 20.2 Å². The summed E-state index contributed by atoms with van der Waals surface area (Å²) in [6.07, 6.45) is 0.609. The Morgan fingerprint density at radius 2 is 1.71 bits per heavy atom. The minimum atomic E-state index is -0.339. The molecule has 3 aromatic rings. The largest absolute Gasteiger partial charge is 0.497 e. The van der Waals surface area contributed by atoms with Crippen molar-refractivity contribution in [3.05, 3.63) is 89.5 Å². The van der Waals surface area contributed by atoms with Crippen molar-refractivity contribution in [3.63, 3.8) is 0 Å². The van der Waals surface area contributed by atoms with Gasteiger partial charge in [0.05, 0.1) is 19.1 Å². The number of hydrogen-bond donors (Lipinski definition) is 1. The summed E-state index contributed by atoms with van der Waals surface area (Å²) in [4.78, 5) is 18.1. The molecule has 5 nitrogen and oxygen atoms in total. The van der Waals surface area contributed by atoms with E-state index in [0.29, 0.717) is 25.2 Å². The number of nitrogens with one attached hydrogen (secondary N) is 1. The molecule has 0 saturated carbocycles. The zero-order chi connectivity index (χ0) is 23.7. The van der Waals surface area contributed by atoms with E-state index < -0.39 is 0 Å². The standard InChI is InChI=1S/C27H27F2N3O2/c1-34-23-11-4-19-14-24(27(33)30-22-9-7-21(29)8-10-22)26-17-31(12-13-32(26)25(19)15-23)16-18-2-5-20(28)6-3-18/h2-11,15,24,26H,12-14,16-17H2,1H3,(H,30,33). The maximum atomic E-state index is 13.4. The maximum Gasteiger partial charge on any atom is 0.229 e. The van der Waals surface area contributed by atoms with Gasteiger partial charge in [0.1, 0.15) is 17.4 Å². The van der Waals surface area contributed by atoms with Crippen molar-refractivity contribution in [2.75, 3.05) is 37.0 Å². The van der Waals surface area contributed by atoms with Crippen LogP contribution < -0.4 is 15.0 Å². The molecule has 34 heavy (non-hydrogen) atoms. The van der Waals surface area contributed by atoms with Crippen LogP contribution in [-0.4, -0.2) is 43.6 Å². The number of ether oxygens (including phenoxy) is 1. The van der Waals surface area contributed by atoms with Gasteiger partial charge in [0.15, 0.2) is 0 Å². The quantitative estimate of drug-likeness (QED) is 0.606. The summed E-state index contributed by atoms with van der Waals surface area (Å²) in [5.74, 6) is -0.147. The van der Waals surface area contributed by atoms with E-state index >= 15 is 0 Å². The SMILES string of the molecule is COc1ccc2c(c1)N1CCN(Cc3ccc(F)cc3)CC1C(C(=O)Nc1ccc(F)cc1)C2. The number of fused-ring (bicyclic) bond motifs is 3. The van der Waals surface area contributed by atoms with Crippen LogP contribution in [0.1, 0.15) is 11.1 Å². The van der Waals surface area contributed by atoms with E-state index in [0.717, 1.165) is 35.7 Å². The van der Waals surface area contributed by atoms with Gasteiger partial charge in [-0.15, -0.1) is 0 Å². The molecular weight excluding hydrogens is 436 g/mol. The van der Waals surface area contributed by atoms with Crippen LogP contribution in [0.2, 0.25) is 0 Å². The fraction of sp³-hybridized carbons (Fsp3) is 0.296. The second-order valence-electron chi connectivity index (χ2n) is 8.92. The number of benzene rings is 3. The van der Waals surface area contributed by atoms with Crippen LogP contribution in [0.25, 0.3) is 0 Å². The predicted molar refractivity (Wildman–Crippen MR) is 128 cm³/mol. The molecule has 0 aliphatic carbocycles. The molecule has 2 aliphatic heterocycles. The lowest BCUT2D eigenvalue weighted by molar-refractivity contribution is -0.121. The van der Waals surface area contributed by atoms with Crippen molar-refractivity contribution in [1.82, 2.24) is 4.90 Å². The Kier molecular flexibility index (Phi) is 6.20. The minimum absolute atomic E-state index is 0.0331. The lowest BCUT2D eigenvalue weighted by Gasteiger charge is -2.49. The van der Waals surface area contributed by atoms with E-state index in [-0.39, 0.29) is 29.5 Å². The molecular formula is C27H27F2N3O2. The lowest BCUT2D eigenvalue weighted by atomic mass is 9.83. The summed E-state index contributed by atoms with van der Waals surface area (Å²) in [6.45, 7) is 3.00. The van der Waals surface area contributed by atoms with Crippen LogP contribution in [0.15, 0.2) is 66.7 Å². The summed E-state index contributed by atoms with van der Waals surface area (Å²) in [5.41, 5.74) is 3.84. The lowest BCUT2D eigenvalue weighted by Crippen LogP contribution is -2.60. The van der Waals surface area contributed by atoms with Crippen molar-refractivity contribution in [2.45, 2.75) is 19.0 Å². The highest BCUT2D eigenvalue weighted by atomic mass is 19.1. The van der Waals surface area contributed by atoms with E-state index in [2.05, 4.69) is 15.1 Å². The van der Waals surface area contributed by atoms with Crippen molar-refractivity contribution >= 4 is 17.3 Å². The number of methoxy groups -OCH3 is 1. The Balaban J connectivity index is 1.41. The molecule has 7 heteroatoms. The molecule has 0 radical (unpaired) electrons. The number of nitrogens with zero attached hydrogens (tertiary/aromatic N) is 2. The molecule has 0 spiro atoms. The second kappa shape index (κ2) is 9.43. The molecule has 3 aromatic carbocycles. The number of rotatable bonds is 5. The fourth-order valence-electron chi connectivity index (χ4n) is 5.02. The highest BCUT2D eigenvalue weighted by Gasteiger charge is 2.41. The Morgan fingerprint density at radius 3 is 2.41 bits per heavy atom. The third kappa shape index (κ3) is 4.61. The van der Waals surface area contributed by atoms with Gasteiger partial charge in [-0.3, -0.25) is 9.69 Å². The van der Waals surface area contributed by atoms with Gasteiger partial charge in [-0.2, -0.15) is 0 Å². The summed E-state index contributed by atoms with van der Waals surface area (Å²) in [6, 6.07) is 18.4. The first-order chi connectivity index (χ1) is 16.5. The average molecular weight is 464 g/mol. The van der Waals surface area contributed by atoms with Gasteiger partial charge in [0.2, 0.25) is 5.91 Å². The molecule has 176 valence electrons. The second-order valence-corrected chi connectivity index (χ2v) is 8.92. The van der Waals surface area contributed by atoms with Crippen molar-refractivity contribution in [1.29, 1.82) is 0 Å². The van der Waals surface area contributed by atoms with E-state index in [1.807, 2.05) is 30.3 Å². The average Bonchev–Trinajstić information content (AvgIpc) is 2.86. The molecule has 2 unspecified atom stereocenters. The van der Waals surface area contributed by atoms with Gasteiger partial charge in [0.25, 0.3) is 0 Å². The monoisotopic (exact) mass is 463 g/mol. The van der Waals surface area contributed by atoms with Crippen LogP contribution in [0.5, 0.6) is 5.75 Å². The number of hydrogen-bond acceptors (Lipinski definition) is 4. The van der Waals surface area contributed by atoms with Crippen LogP contribution >= 0.6 is 0 Å². The Labute approximate surface area is 197 Å². The van der Waals surface area contributed by atoms with Gasteiger partial charge in [0, 0.05) is 43.6 Å². The molecule has 1 fully saturated rings. The van der Waals surface area contributed by atoms with Crippen LogP contribution in [0.3, 0.4) is 0 Å². The van der Waals surface area contributed by atoms with Gasteiger partial charge >= 0.3 is 0 Å². The highest BCUT2D eigenvalue weighted by molar-refractivity contribution is 5.94. The molecule has 0 bridgehead atoms. The summed E-state index contributed by atoms with van der Waals surface area (Å²) < 4.78 is 32.1. The van der Waals surface area contributed by atoms with E-state index in [1.165, 1.54) is 24.3 Å². The first-order valence-corrected chi connectivity index (χ1v) is 11.5. The smallest absolute Gasteiger partial charge is 0.229 e. The van der Waals surface area contributed by atoms with Crippen molar-refractivity contribution < 1.29 is 18.3 Å². The molecule has 1 saturated heterocycles. The Morgan fingerprint density at radius 1 is 1.00 bits per heavy atom. The van der Waals surface area contributed by atoms with Gasteiger partial charge in [-0.05, 0) is 60.0 Å². The molecule has 1 amide bonds. The van der Waals surface area contributed by atoms with E-state index in [4.69, 9.17) is 4.74 Å². The van der Waals surface area contributed by atoms with Crippen LogP contribution in [-0.2, 0) is 17.8 Å². The van der Waals surface area contributed by atoms with Crippen molar-refractivity contribution in [2.24, 2.45) is 5.92 Å². The summed E-state index contributed by atoms with van der Waals surface area (Å²) in [7, 11) is 1.65. The third-order valence-electron chi connectivity index (χ3n) is 6.78. The topological polar surface area (TPSA) is 44.8 Å². The number of halogens is 2. The third-order valence-corrected chi connectivity index (χ3v) is 6.78. The van der Waals surface area contributed by atoms with E-state index in [9.17, 15) is 13.6 Å². The number of piperazine rings is 1. The van der Waals surface area contributed by atoms with Gasteiger partial charge < -0.3 is 15.0 Å². The highest BCUT2D eigenvalue weighted by Crippen LogP contribution is 2.38. The molecule has 5 rings (SSSR count). The zero-order valence-corrected chi connectivity index (χ0v) is 19.0. The number of carbonyl (C=O) groups excluding carboxylic acids is 1. The molecule has 1 N–H and O–H groups in total. The number of amides is 1.